The average molecular weight is 470 g/mol. The van der Waals surface area contributed by atoms with Crippen molar-refractivity contribution in [3.8, 4) is 11.1 Å². The number of hydrogen-bond acceptors (Lipinski definition) is 4. The second-order valence-corrected chi connectivity index (χ2v) is 7.33. The molecule has 1 unspecified atom stereocenters. The summed E-state index contributed by atoms with van der Waals surface area (Å²) in [6, 6.07) is 20.5. The number of nitrogens with one attached hydrogen (secondary N) is 2. The van der Waals surface area contributed by atoms with E-state index >= 15 is 0 Å². The van der Waals surface area contributed by atoms with Crippen molar-refractivity contribution in [2.45, 2.75) is 19.2 Å². The van der Waals surface area contributed by atoms with E-state index in [2.05, 4.69) is 10.6 Å². The molecule has 2 amide bonds. The summed E-state index contributed by atoms with van der Waals surface area (Å²) in [6.45, 7) is 0.783. The van der Waals surface area contributed by atoms with E-state index in [1.54, 1.807) is 24.3 Å². The Kier molecular flexibility index (Phi) is 7.68. The lowest BCUT2D eigenvalue weighted by atomic mass is 10.0. The molecule has 6 nitrogen and oxygen atoms in total. The summed E-state index contributed by atoms with van der Waals surface area (Å²) in [5.41, 5.74) is 1.25. The predicted octanol–water partition coefficient (Wildman–Crippen LogP) is 4.67. The molecule has 0 saturated carbocycles. The van der Waals surface area contributed by atoms with Crippen LogP contribution in [0.25, 0.3) is 11.1 Å². The van der Waals surface area contributed by atoms with Crippen LogP contribution in [0.5, 0.6) is 0 Å². The molecule has 0 heterocycles. The lowest BCUT2D eigenvalue weighted by molar-refractivity contribution is -0.152. The number of halogens is 3. The van der Waals surface area contributed by atoms with Crippen molar-refractivity contribution in [1.29, 1.82) is 0 Å². The third-order valence-electron chi connectivity index (χ3n) is 4.78. The molecule has 0 aromatic heterocycles. The molecule has 0 aliphatic heterocycles. The van der Waals surface area contributed by atoms with Crippen LogP contribution in [-0.4, -0.2) is 30.4 Å². The first-order chi connectivity index (χ1) is 16.1. The van der Waals surface area contributed by atoms with Crippen LogP contribution in [0.15, 0.2) is 78.9 Å². The smallest absolute Gasteiger partial charge is 0.416 e. The van der Waals surface area contributed by atoms with E-state index in [9.17, 15) is 27.6 Å². The Morgan fingerprint density at radius 2 is 1.53 bits per heavy atom. The van der Waals surface area contributed by atoms with Gasteiger partial charge >= 0.3 is 12.1 Å². The summed E-state index contributed by atoms with van der Waals surface area (Å²) in [5.74, 6) is -2.19. The van der Waals surface area contributed by atoms with Gasteiger partial charge in [0.05, 0.1) is 5.56 Å². The van der Waals surface area contributed by atoms with Crippen LogP contribution in [0.3, 0.4) is 0 Å². The Bertz CT molecular complexity index is 1160. The number of ether oxygens (including phenoxy) is 1. The topological polar surface area (TPSA) is 84.5 Å². The van der Waals surface area contributed by atoms with Gasteiger partial charge in [-0.1, -0.05) is 48.5 Å². The van der Waals surface area contributed by atoms with Gasteiger partial charge in [-0.3, -0.25) is 14.4 Å². The molecule has 0 spiro atoms. The molecule has 0 aliphatic carbocycles. The number of rotatable bonds is 7. The van der Waals surface area contributed by atoms with Crippen molar-refractivity contribution in [1.82, 2.24) is 5.32 Å². The number of hydrogen-bond donors (Lipinski definition) is 2. The van der Waals surface area contributed by atoms with Gasteiger partial charge in [-0.2, -0.15) is 13.2 Å². The number of amides is 2. The summed E-state index contributed by atoms with van der Waals surface area (Å²) in [7, 11) is 0. The van der Waals surface area contributed by atoms with Crippen molar-refractivity contribution in [2.75, 3.05) is 11.9 Å². The van der Waals surface area contributed by atoms with Crippen LogP contribution in [-0.2, 0) is 20.5 Å². The van der Waals surface area contributed by atoms with E-state index in [4.69, 9.17) is 4.74 Å². The molecule has 0 bridgehead atoms. The van der Waals surface area contributed by atoms with Gasteiger partial charge in [-0.15, -0.1) is 0 Å². The number of carbonyl (C=O) groups is 3. The summed E-state index contributed by atoms with van der Waals surface area (Å²) in [4.78, 5) is 36.4. The quantitative estimate of drug-likeness (QED) is 0.492. The third kappa shape index (κ3) is 6.68. The Morgan fingerprint density at radius 1 is 0.882 bits per heavy atom. The molecular formula is C25H21F3N2O4. The Hall–Kier alpha value is -4.14. The molecule has 1 atom stereocenters. The fourth-order valence-electron chi connectivity index (χ4n) is 3.01. The molecule has 34 heavy (non-hydrogen) atoms. The van der Waals surface area contributed by atoms with Gasteiger partial charge in [0.15, 0.2) is 6.10 Å². The van der Waals surface area contributed by atoms with Crippen LogP contribution in [0.2, 0.25) is 0 Å². The minimum atomic E-state index is -4.56. The number of carbonyl (C=O) groups excluding carboxylic acids is 3. The van der Waals surface area contributed by atoms with Crippen molar-refractivity contribution in [3.63, 3.8) is 0 Å². The van der Waals surface area contributed by atoms with Crippen molar-refractivity contribution >= 4 is 23.5 Å². The molecule has 3 rings (SSSR count). The van der Waals surface area contributed by atoms with Crippen LogP contribution in [0, 0.1) is 0 Å². The second-order valence-electron chi connectivity index (χ2n) is 7.33. The van der Waals surface area contributed by atoms with Crippen molar-refractivity contribution < 1.29 is 32.3 Å². The van der Waals surface area contributed by atoms with Crippen molar-refractivity contribution in [3.05, 3.63) is 90.0 Å². The zero-order valence-corrected chi connectivity index (χ0v) is 18.1. The van der Waals surface area contributed by atoms with Gasteiger partial charge in [-0.05, 0) is 48.4 Å². The Morgan fingerprint density at radius 3 is 2.18 bits per heavy atom. The van der Waals surface area contributed by atoms with Crippen LogP contribution < -0.4 is 10.6 Å². The van der Waals surface area contributed by atoms with E-state index in [1.165, 1.54) is 13.0 Å². The monoisotopic (exact) mass is 470 g/mol. The SMILES string of the molecule is CC(OC(=O)CNC(=O)c1ccc(-c2ccccc2)cc1)C(=O)Nc1cccc(C(F)(F)F)c1. The predicted molar refractivity (Wildman–Crippen MR) is 120 cm³/mol. The number of benzene rings is 3. The minimum absolute atomic E-state index is 0.0880. The minimum Gasteiger partial charge on any atom is -0.451 e. The van der Waals surface area contributed by atoms with Crippen LogP contribution in [0.4, 0.5) is 18.9 Å². The maximum absolute atomic E-state index is 12.8. The molecule has 0 saturated heterocycles. The molecule has 3 aromatic carbocycles. The van der Waals surface area contributed by atoms with E-state index in [0.29, 0.717) is 5.56 Å². The maximum atomic E-state index is 12.8. The number of esters is 1. The molecule has 9 heteroatoms. The third-order valence-corrected chi connectivity index (χ3v) is 4.78. The first kappa shape index (κ1) is 24.5. The highest BCUT2D eigenvalue weighted by Crippen LogP contribution is 2.30. The summed E-state index contributed by atoms with van der Waals surface area (Å²) in [6.07, 6.45) is -5.84. The molecular weight excluding hydrogens is 449 g/mol. The van der Waals surface area contributed by atoms with E-state index in [0.717, 1.165) is 29.3 Å². The van der Waals surface area contributed by atoms with E-state index < -0.39 is 42.2 Å². The maximum Gasteiger partial charge on any atom is 0.416 e. The molecule has 0 radical (unpaired) electrons. The molecule has 3 aromatic rings. The number of alkyl halides is 3. The van der Waals surface area contributed by atoms with Gasteiger partial charge in [0.1, 0.15) is 6.54 Å². The van der Waals surface area contributed by atoms with Crippen LogP contribution >= 0.6 is 0 Å². The van der Waals surface area contributed by atoms with Gasteiger partial charge in [0.25, 0.3) is 11.8 Å². The van der Waals surface area contributed by atoms with Gasteiger partial charge in [-0.25, -0.2) is 0 Å². The van der Waals surface area contributed by atoms with Crippen LogP contribution in [0.1, 0.15) is 22.8 Å². The Balaban J connectivity index is 1.48. The van der Waals surface area contributed by atoms with Crippen molar-refractivity contribution in [2.24, 2.45) is 0 Å². The standard InChI is InChI=1S/C25H21F3N2O4/c1-16(23(32)30-21-9-5-8-20(14-21)25(26,27)28)34-22(31)15-29-24(33)19-12-10-18(11-13-19)17-6-3-2-4-7-17/h2-14,16H,15H2,1H3,(H,29,33)(H,30,32). The zero-order chi connectivity index (χ0) is 24.7. The fraction of sp³-hybridized carbons (Fsp3) is 0.160. The lowest BCUT2D eigenvalue weighted by Crippen LogP contribution is -2.35. The van der Waals surface area contributed by atoms with E-state index in [-0.39, 0.29) is 5.69 Å². The molecule has 0 aliphatic rings. The summed E-state index contributed by atoms with van der Waals surface area (Å²) < 4.78 is 43.3. The highest BCUT2D eigenvalue weighted by Gasteiger charge is 2.30. The first-order valence-electron chi connectivity index (χ1n) is 10.2. The molecule has 2 N–H and O–H groups in total. The fourth-order valence-corrected chi connectivity index (χ4v) is 3.01. The van der Waals surface area contributed by atoms with Gasteiger partial charge in [0.2, 0.25) is 0 Å². The zero-order valence-electron chi connectivity index (χ0n) is 18.1. The van der Waals surface area contributed by atoms with E-state index in [1.807, 2.05) is 30.3 Å². The highest BCUT2D eigenvalue weighted by molar-refractivity contribution is 5.97. The Labute approximate surface area is 193 Å². The first-order valence-corrected chi connectivity index (χ1v) is 10.2. The summed E-state index contributed by atoms with van der Waals surface area (Å²) in [5, 5.41) is 4.67. The highest BCUT2D eigenvalue weighted by atomic mass is 19.4. The molecule has 0 fully saturated rings. The largest absolute Gasteiger partial charge is 0.451 e. The van der Waals surface area contributed by atoms with Gasteiger partial charge in [0, 0.05) is 11.3 Å². The lowest BCUT2D eigenvalue weighted by Gasteiger charge is -2.15. The second kappa shape index (κ2) is 10.7. The molecule has 176 valence electrons. The number of anilines is 1. The normalized spacial score (nSPS) is 11.9. The van der Waals surface area contributed by atoms with Gasteiger partial charge < -0.3 is 15.4 Å². The summed E-state index contributed by atoms with van der Waals surface area (Å²) >= 11 is 0. The average Bonchev–Trinajstić information content (AvgIpc) is 2.82.